The summed E-state index contributed by atoms with van der Waals surface area (Å²) in [4.78, 5) is 15.2. The number of hydrogen-bond acceptors (Lipinski definition) is 4. The van der Waals surface area contributed by atoms with Crippen LogP contribution in [0.15, 0.2) is 199 Å². The summed E-state index contributed by atoms with van der Waals surface area (Å²) in [7, 11) is 0. The van der Waals surface area contributed by atoms with Crippen LogP contribution in [-0.2, 0) is 0 Å². The number of hydrogen-bond donors (Lipinski definition) is 0. The summed E-state index contributed by atoms with van der Waals surface area (Å²) >= 11 is 0. The van der Waals surface area contributed by atoms with Crippen molar-refractivity contribution in [1.29, 1.82) is 0 Å². The third-order valence-corrected chi connectivity index (χ3v) is 11.4. The van der Waals surface area contributed by atoms with Crippen LogP contribution < -0.4 is 0 Å². The minimum Gasteiger partial charge on any atom is -0.453 e. The first-order valence-electron chi connectivity index (χ1n) is 19.5. The van der Waals surface area contributed by atoms with Crippen LogP contribution in [0.25, 0.3) is 116 Å². The Bertz CT molecular complexity index is 3460. The maximum atomic E-state index is 7.24. The zero-order valence-corrected chi connectivity index (χ0v) is 31.2. The smallest absolute Gasteiger partial charge is 0.164 e. The van der Waals surface area contributed by atoms with Gasteiger partial charge in [0.2, 0.25) is 0 Å². The van der Waals surface area contributed by atoms with Crippen molar-refractivity contribution in [2.75, 3.05) is 0 Å². The standard InChI is InChI=1S/C53H32N4O/c1-3-16-33(17-4-1)51-54-52(34-18-5-2-6-19-34)56-53(55-51)42-31-30-39(37-22-9-10-23-38(37)42)44-32-35-20-7-8-21-36(35)48-43-26-15-29-47(49(43)58-50(44)48)57-45-27-13-11-24-40(45)41-25-12-14-28-46(41)57/h1-32H. The average Bonchev–Trinajstić information content (AvgIpc) is 3.86. The van der Waals surface area contributed by atoms with Crippen molar-refractivity contribution in [1.82, 2.24) is 19.5 Å². The molecule has 12 rings (SSSR count). The molecular formula is C53H32N4O. The van der Waals surface area contributed by atoms with Crippen molar-refractivity contribution in [3.63, 3.8) is 0 Å². The number of benzene rings is 9. The van der Waals surface area contributed by atoms with E-state index in [4.69, 9.17) is 19.4 Å². The van der Waals surface area contributed by atoms with Crippen LogP contribution in [0, 0.1) is 0 Å². The molecule has 0 aliphatic carbocycles. The molecule has 5 nitrogen and oxygen atoms in total. The largest absolute Gasteiger partial charge is 0.453 e. The number of fused-ring (bicyclic) bond motifs is 9. The molecule has 3 aromatic heterocycles. The van der Waals surface area contributed by atoms with E-state index in [1.165, 1.54) is 10.8 Å². The van der Waals surface area contributed by atoms with Gasteiger partial charge in [0.25, 0.3) is 0 Å². The number of para-hydroxylation sites is 3. The Morgan fingerprint density at radius 3 is 1.50 bits per heavy atom. The highest BCUT2D eigenvalue weighted by Gasteiger charge is 2.23. The molecule has 12 aromatic rings. The van der Waals surface area contributed by atoms with E-state index in [9.17, 15) is 0 Å². The van der Waals surface area contributed by atoms with Gasteiger partial charge in [0.05, 0.1) is 16.7 Å². The summed E-state index contributed by atoms with van der Waals surface area (Å²) in [6, 6.07) is 67.8. The molecule has 0 unspecified atom stereocenters. The van der Waals surface area contributed by atoms with Gasteiger partial charge in [-0.3, -0.25) is 0 Å². The normalized spacial score (nSPS) is 11.8. The highest BCUT2D eigenvalue weighted by atomic mass is 16.3. The molecule has 0 amide bonds. The molecule has 0 spiro atoms. The van der Waals surface area contributed by atoms with Gasteiger partial charge in [0.1, 0.15) is 5.58 Å². The van der Waals surface area contributed by atoms with Gasteiger partial charge in [-0.1, -0.05) is 164 Å². The Morgan fingerprint density at radius 1 is 0.345 bits per heavy atom. The van der Waals surface area contributed by atoms with Crippen LogP contribution in [0.2, 0.25) is 0 Å². The van der Waals surface area contributed by atoms with Gasteiger partial charge in [-0.25, -0.2) is 15.0 Å². The molecule has 58 heavy (non-hydrogen) atoms. The minimum atomic E-state index is 0.624. The lowest BCUT2D eigenvalue weighted by atomic mass is 9.91. The lowest BCUT2D eigenvalue weighted by Gasteiger charge is -2.14. The molecule has 0 aliphatic rings. The Morgan fingerprint density at radius 2 is 0.845 bits per heavy atom. The zero-order valence-electron chi connectivity index (χ0n) is 31.2. The summed E-state index contributed by atoms with van der Waals surface area (Å²) < 4.78 is 9.59. The summed E-state index contributed by atoms with van der Waals surface area (Å²) in [5.41, 5.74) is 9.94. The molecule has 270 valence electrons. The molecular weight excluding hydrogens is 709 g/mol. The third kappa shape index (κ3) is 4.93. The SMILES string of the molecule is c1ccc(-c2nc(-c3ccccc3)nc(-c3ccc(-c4cc5ccccc5c5c4oc4c(-n6c7ccccc7c7ccccc76)cccc45)c4ccccc34)n2)cc1. The maximum Gasteiger partial charge on any atom is 0.164 e. The van der Waals surface area contributed by atoms with E-state index in [1.54, 1.807) is 0 Å². The van der Waals surface area contributed by atoms with Crippen molar-refractivity contribution in [2.45, 2.75) is 0 Å². The second-order valence-electron chi connectivity index (χ2n) is 14.7. The zero-order chi connectivity index (χ0) is 38.2. The van der Waals surface area contributed by atoms with Crippen molar-refractivity contribution in [2.24, 2.45) is 0 Å². The molecule has 0 saturated heterocycles. The van der Waals surface area contributed by atoms with Gasteiger partial charge in [0.15, 0.2) is 23.1 Å². The van der Waals surface area contributed by atoms with Crippen molar-refractivity contribution >= 4 is 65.3 Å². The second-order valence-corrected chi connectivity index (χ2v) is 14.7. The Hall–Kier alpha value is -7.89. The Labute approximate surface area is 333 Å². The second kappa shape index (κ2) is 12.8. The van der Waals surface area contributed by atoms with Gasteiger partial charge < -0.3 is 8.98 Å². The van der Waals surface area contributed by atoms with Gasteiger partial charge in [-0.2, -0.15) is 0 Å². The first-order valence-corrected chi connectivity index (χ1v) is 19.5. The van der Waals surface area contributed by atoms with E-state index < -0.39 is 0 Å². The van der Waals surface area contributed by atoms with Crippen molar-refractivity contribution < 1.29 is 4.42 Å². The quantitative estimate of drug-likeness (QED) is 0.176. The van der Waals surface area contributed by atoms with Crippen molar-refractivity contribution in [3.8, 4) is 51.0 Å². The van der Waals surface area contributed by atoms with E-state index in [2.05, 4.69) is 138 Å². The van der Waals surface area contributed by atoms with E-state index >= 15 is 0 Å². The van der Waals surface area contributed by atoms with Gasteiger partial charge in [-0.15, -0.1) is 0 Å². The van der Waals surface area contributed by atoms with Crippen LogP contribution in [0.1, 0.15) is 0 Å². The maximum absolute atomic E-state index is 7.24. The molecule has 0 bridgehead atoms. The molecule has 9 aromatic carbocycles. The van der Waals surface area contributed by atoms with Crippen LogP contribution in [0.3, 0.4) is 0 Å². The number of furan rings is 1. The number of nitrogens with zero attached hydrogens (tertiary/aromatic N) is 4. The molecule has 0 radical (unpaired) electrons. The number of rotatable bonds is 5. The van der Waals surface area contributed by atoms with E-state index in [0.717, 1.165) is 88.0 Å². The fourth-order valence-electron chi connectivity index (χ4n) is 8.85. The first kappa shape index (κ1) is 32.4. The lowest BCUT2D eigenvalue weighted by Crippen LogP contribution is -2.00. The summed E-state index contributed by atoms with van der Waals surface area (Å²) in [6.07, 6.45) is 0. The highest BCUT2D eigenvalue weighted by molar-refractivity contribution is 6.25. The molecule has 0 N–H and O–H groups in total. The molecule has 0 atom stereocenters. The molecule has 3 heterocycles. The van der Waals surface area contributed by atoms with Crippen LogP contribution in [0.5, 0.6) is 0 Å². The summed E-state index contributed by atoms with van der Waals surface area (Å²) in [6.45, 7) is 0. The topological polar surface area (TPSA) is 56.7 Å². The third-order valence-electron chi connectivity index (χ3n) is 11.4. The fraction of sp³-hybridized carbons (Fsp3) is 0. The van der Waals surface area contributed by atoms with E-state index in [-0.39, 0.29) is 0 Å². The molecule has 0 saturated carbocycles. The number of aromatic nitrogens is 4. The predicted molar refractivity (Wildman–Crippen MR) is 238 cm³/mol. The monoisotopic (exact) mass is 740 g/mol. The molecule has 5 heteroatoms. The Balaban J connectivity index is 1.12. The molecule has 0 fully saturated rings. The van der Waals surface area contributed by atoms with E-state index in [0.29, 0.717) is 17.5 Å². The Kier molecular flexibility index (Phi) is 7.16. The summed E-state index contributed by atoms with van der Waals surface area (Å²) in [5.74, 6) is 1.89. The molecule has 0 aliphatic heterocycles. The van der Waals surface area contributed by atoms with Crippen LogP contribution >= 0.6 is 0 Å². The van der Waals surface area contributed by atoms with Gasteiger partial charge >= 0.3 is 0 Å². The van der Waals surface area contributed by atoms with Crippen LogP contribution in [-0.4, -0.2) is 19.5 Å². The van der Waals surface area contributed by atoms with Gasteiger partial charge in [0, 0.05) is 43.8 Å². The van der Waals surface area contributed by atoms with Crippen molar-refractivity contribution in [3.05, 3.63) is 194 Å². The fourth-order valence-corrected chi connectivity index (χ4v) is 8.85. The predicted octanol–water partition coefficient (Wildman–Crippen LogP) is 13.8. The summed E-state index contributed by atoms with van der Waals surface area (Å²) in [5, 5.41) is 9.07. The lowest BCUT2D eigenvalue weighted by molar-refractivity contribution is 0.667. The van der Waals surface area contributed by atoms with Crippen LogP contribution in [0.4, 0.5) is 0 Å². The minimum absolute atomic E-state index is 0.624. The highest BCUT2D eigenvalue weighted by Crippen LogP contribution is 2.46. The van der Waals surface area contributed by atoms with E-state index in [1.807, 2.05) is 60.7 Å². The van der Waals surface area contributed by atoms with Gasteiger partial charge in [-0.05, 0) is 57.4 Å². The average molecular weight is 741 g/mol. The first-order chi connectivity index (χ1) is 28.8.